The minimum Gasteiger partial charge on any atom is -0.487 e. The van der Waals surface area contributed by atoms with Crippen LogP contribution in [0.25, 0.3) is 0 Å². The Labute approximate surface area is 144 Å². The molecule has 1 amide bonds. The average molecular weight is 349 g/mol. The molecule has 0 aliphatic rings. The lowest BCUT2D eigenvalue weighted by Gasteiger charge is -2.15. The molecule has 0 heterocycles. The molecule has 1 atom stereocenters. The van der Waals surface area contributed by atoms with Crippen molar-refractivity contribution in [2.45, 2.75) is 19.9 Å². The van der Waals surface area contributed by atoms with Gasteiger partial charge >= 0.3 is 5.69 Å². The molecule has 0 saturated carbocycles. The number of benzene rings is 2. The zero-order chi connectivity index (χ0) is 17.7. The van der Waals surface area contributed by atoms with Crippen LogP contribution in [-0.4, -0.2) is 17.4 Å². The van der Waals surface area contributed by atoms with Crippen LogP contribution in [0.1, 0.15) is 35.8 Å². The Bertz CT molecular complexity index is 747. The third-order valence-electron chi connectivity index (χ3n) is 3.44. The second-order valence-electron chi connectivity index (χ2n) is 5.12. The van der Waals surface area contributed by atoms with Crippen molar-refractivity contribution >= 4 is 23.2 Å². The first-order valence-electron chi connectivity index (χ1n) is 7.40. The van der Waals surface area contributed by atoms with Crippen LogP contribution in [0.5, 0.6) is 5.75 Å². The molecule has 126 valence electrons. The van der Waals surface area contributed by atoms with E-state index in [0.29, 0.717) is 11.6 Å². The summed E-state index contributed by atoms with van der Waals surface area (Å²) in [6.07, 6.45) is 0. The lowest BCUT2D eigenvalue weighted by Crippen LogP contribution is -2.26. The number of nitro benzene ring substituents is 1. The van der Waals surface area contributed by atoms with Crippen molar-refractivity contribution in [2.75, 3.05) is 6.61 Å². The van der Waals surface area contributed by atoms with Crippen molar-refractivity contribution in [3.8, 4) is 5.75 Å². The lowest BCUT2D eigenvalue weighted by molar-refractivity contribution is -0.385. The number of hydrogen-bond donors (Lipinski definition) is 1. The predicted molar refractivity (Wildman–Crippen MR) is 91.6 cm³/mol. The molecular formula is C17H17ClN2O4. The van der Waals surface area contributed by atoms with Crippen molar-refractivity contribution in [3.05, 3.63) is 68.7 Å². The zero-order valence-corrected chi connectivity index (χ0v) is 14.0. The van der Waals surface area contributed by atoms with Crippen LogP contribution < -0.4 is 10.1 Å². The molecule has 1 N–H and O–H groups in total. The van der Waals surface area contributed by atoms with Crippen molar-refractivity contribution in [1.29, 1.82) is 0 Å². The van der Waals surface area contributed by atoms with E-state index in [9.17, 15) is 14.9 Å². The van der Waals surface area contributed by atoms with E-state index in [2.05, 4.69) is 5.32 Å². The van der Waals surface area contributed by atoms with Crippen molar-refractivity contribution in [3.63, 3.8) is 0 Å². The van der Waals surface area contributed by atoms with Gasteiger partial charge in [-0.3, -0.25) is 14.9 Å². The van der Waals surface area contributed by atoms with Gasteiger partial charge in [0, 0.05) is 16.7 Å². The molecule has 2 aromatic carbocycles. The molecule has 7 heteroatoms. The smallest absolute Gasteiger partial charge is 0.311 e. The minimum atomic E-state index is -0.565. The van der Waals surface area contributed by atoms with E-state index in [-0.39, 0.29) is 23.0 Å². The van der Waals surface area contributed by atoms with Gasteiger partial charge in [-0.25, -0.2) is 0 Å². The molecule has 0 aromatic heterocycles. The van der Waals surface area contributed by atoms with Gasteiger partial charge in [-0.15, -0.1) is 0 Å². The topological polar surface area (TPSA) is 81.5 Å². The van der Waals surface area contributed by atoms with Crippen LogP contribution in [0.3, 0.4) is 0 Å². The summed E-state index contributed by atoms with van der Waals surface area (Å²) in [4.78, 5) is 22.9. The van der Waals surface area contributed by atoms with E-state index < -0.39 is 10.8 Å². The second kappa shape index (κ2) is 7.79. The minimum absolute atomic E-state index is 0.143. The fourth-order valence-corrected chi connectivity index (χ4v) is 2.32. The number of carbonyl (C=O) groups excluding carboxylic acids is 1. The maximum Gasteiger partial charge on any atom is 0.311 e. The highest BCUT2D eigenvalue weighted by Crippen LogP contribution is 2.28. The molecule has 0 saturated heterocycles. The molecule has 0 aliphatic heterocycles. The van der Waals surface area contributed by atoms with Crippen LogP contribution in [0.4, 0.5) is 5.69 Å². The van der Waals surface area contributed by atoms with Crippen LogP contribution in [0.15, 0.2) is 42.5 Å². The Kier molecular flexibility index (Phi) is 5.76. The van der Waals surface area contributed by atoms with Gasteiger partial charge in [-0.1, -0.05) is 23.7 Å². The summed E-state index contributed by atoms with van der Waals surface area (Å²) in [5, 5.41) is 14.5. The van der Waals surface area contributed by atoms with Crippen LogP contribution >= 0.6 is 11.6 Å². The van der Waals surface area contributed by atoms with Gasteiger partial charge in [0.15, 0.2) is 5.75 Å². The number of rotatable bonds is 6. The number of ether oxygens (including phenoxy) is 1. The van der Waals surface area contributed by atoms with Gasteiger partial charge in [-0.05, 0) is 43.7 Å². The number of carbonyl (C=O) groups is 1. The van der Waals surface area contributed by atoms with Crippen LogP contribution in [-0.2, 0) is 0 Å². The van der Waals surface area contributed by atoms with Crippen molar-refractivity contribution in [2.24, 2.45) is 0 Å². The summed E-state index contributed by atoms with van der Waals surface area (Å²) in [5.74, 6) is -0.256. The zero-order valence-electron chi connectivity index (χ0n) is 13.3. The Balaban J connectivity index is 2.18. The largest absolute Gasteiger partial charge is 0.487 e. The summed E-state index contributed by atoms with van der Waals surface area (Å²) in [7, 11) is 0. The van der Waals surface area contributed by atoms with Gasteiger partial charge in [0.05, 0.1) is 17.6 Å². The summed E-state index contributed by atoms with van der Waals surface area (Å²) < 4.78 is 5.21. The summed E-state index contributed by atoms with van der Waals surface area (Å²) in [6, 6.07) is 11.0. The first-order valence-corrected chi connectivity index (χ1v) is 7.77. The Morgan fingerprint density at radius 2 is 1.96 bits per heavy atom. The van der Waals surface area contributed by atoms with Crippen molar-refractivity contribution < 1.29 is 14.5 Å². The predicted octanol–water partition coefficient (Wildman–Crippen LogP) is 4.14. The van der Waals surface area contributed by atoms with Gasteiger partial charge < -0.3 is 10.1 Å². The quantitative estimate of drug-likeness (QED) is 0.628. The van der Waals surface area contributed by atoms with E-state index in [1.807, 2.05) is 19.1 Å². The summed E-state index contributed by atoms with van der Waals surface area (Å²) in [6.45, 7) is 3.86. The number of hydrogen-bond acceptors (Lipinski definition) is 4. The maximum atomic E-state index is 12.3. The van der Waals surface area contributed by atoms with E-state index in [4.69, 9.17) is 16.3 Å². The first kappa shape index (κ1) is 17.7. The molecule has 0 aliphatic carbocycles. The number of nitrogens with zero attached hydrogens (tertiary/aromatic N) is 1. The standard InChI is InChI=1S/C17H17ClN2O4/c1-3-24-16-9-6-13(10-15(16)20(22)23)17(21)19-11(2)12-4-7-14(18)8-5-12/h4-11H,3H2,1-2H3,(H,19,21)/t11-/m0/s1. The maximum absolute atomic E-state index is 12.3. The molecule has 2 rings (SSSR count). The number of amides is 1. The van der Waals surface area contributed by atoms with E-state index >= 15 is 0 Å². The van der Waals surface area contributed by atoms with Gasteiger partial charge in [0.2, 0.25) is 0 Å². The van der Waals surface area contributed by atoms with Gasteiger partial charge in [-0.2, -0.15) is 0 Å². The summed E-state index contributed by atoms with van der Waals surface area (Å²) >= 11 is 5.84. The normalized spacial score (nSPS) is 11.6. The highest BCUT2D eigenvalue weighted by Gasteiger charge is 2.19. The highest BCUT2D eigenvalue weighted by atomic mass is 35.5. The van der Waals surface area contributed by atoms with Gasteiger partial charge in [0.1, 0.15) is 0 Å². The molecule has 0 unspecified atom stereocenters. The van der Waals surface area contributed by atoms with Crippen LogP contribution in [0.2, 0.25) is 5.02 Å². The Morgan fingerprint density at radius 1 is 1.29 bits per heavy atom. The van der Waals surface area contributed by atoms with E-state index in [1.54, 1.807) is 19.1 Å². The number of nitrogens with one attached hydrogen (secondary N) is 1. The fourth-order valence-electron chi connectivity index (χ4n) is 2.19. The highest BCUT2D eigenvalue weighted by molar-refractivity contribution is 6.30. The van der Waals surface area contributed by atoms with E-state index in [0.717, 1.165) is 5.56 Å². The molecule has 0 fully saturated rings. The van der Waals surface area contributed by atoms with Gasteiger partial charge in [0.25, 0.3) is 5.91 Å². The molecule has 24 heavy (non-hydrogen) atoms. The molecule has 0 spiro atoms. The third kappa shape index (κ3) is 4.23. The molecular weight excluding hydrogens is 332 g/mol. The Hall–Kier alpha value is -2.60. The lowest BCUT2D eigenvalue weighted by atomic mass is 10.1. The SMILES string of the molecule is CCOc1ccc(C(=O)N[C@@H](C)c2ccc(Cl)cc2)cc1[N+](=O)[O-]. The molecule has 0 bridgehead atoms. The van der Waals surface area contributed by atoms with E-state index in [1.165, 1.54) is 18.2 Å². The first-order chi connectivity index (χ1) is 11.4. The van der Waals surface area contributed by atoms with Crippen molar-refractivity contribution in [1.82, 2.24) is 5.32 Å². The van der Waals surface area contributed by atoms with Crippen LogP contribution in [0, 0.1) is 10.1 Å². The average Bonchev–Trinajstić information content (AvgIpc) is 2.55. The monoisotopic (exact) mass is 348 g/mol. The molecule has 2 aromatic rings. The Morgan fingerprint density at radius 3 is 2.54 bits per heavy atom. The third-order valence-corrected chi connectivity index (χ3v) is 3.69. The second-order valence-corrected chi connectivity index (χ2v) is 5.56. The molecule has 0 radical (unpaired) electrons. The number of nitro groups is 1. The fraction of sp³-hybridized carbons (Fsp3) is 0.235. The number of halogens is 1. The summed E-state index contributed by atoms with van der Waals surface area (Å²) in [5.41, 5.74) is 0.850. The molecule has 6 nitrogen and oxygen atoms in total.